The molecule has 3 aliphatic heterocycles. The van der Waals surface area contributed by atoms with Gasteiger partial charge in [0.15, 0.2) is 0 Å². The molecule has 5 rings (SSSR count). The van der Waals surface area contributed by atoms with Crippen LogP contribution in [0.5, 0.6) is 5.75 Å². The molecule has 7 atom stereocenters. The number of aliphatic hydroxyl groups is 1. The Morgan fingerprint density at radius 3 is 2.37 bits per heavy atom. The molecule has 246 valence electrons. The zero-order chi connectivity index (χ0) is 33.2. The zero-order valence-electron chi connectivity index (χ0n) is 26.8. The molecular weight excluding hydrogens is 650 g/mol. The molecule has 0 aromatic heterocycles. The summed E-state index contributed by atoms with van der Waals surface area (Å²) in [7, 11) is 0. The highest BCUT2D eigenvalue weighted by Crippen LogP contribution is 2.61. The Labute approximate surface area is 280 Å². The van der Waals surface area contributed by atoms with Gasteiger partial charge >= 0.3 is 0 Å². The van der Waals surface area contributed by atoms with Crippen LogP contribution in [0.2, 0.25) is 0 Å². The average Bonchev–Trinajstić information content (AvgIpc) is 3.64. The van der Waals surface area contributed by atoms with Crippen LogP contribution in [0.1, 0.15) is 32.8 Å². The lowest BCUT2D eigenvalue weighted by atomic mass is 9.70. The van der Waals surface area contributed by atoms with Crippen LogP contribution in [-0.4, -0.2) is 87.5 Å². The fraction of sp³-hybridized carbons (Fsp3) is 0.472. The van der Waals surface area contributed by atoms with E-state index in [0.29, 0.717) is 31.0 Å². The number of hydrogen-bond donors (Lipinski definition) is 1. The molecule has 2 aromatic carbocycles. The minimum atomic E-state index is -1.26. The van der Waals surface area contributed by atoms with Crippen molar-refractivity contribution in [2.75, 3.05) is 31.2 Å². The van der Waals surface area contributed by atoms with E-state index in [1.807, 2.05) is 63.2 Å². The van der Waals surface area contributed by atoms with Gasteiger partial charge in [-0.1, -0.05) is 72.3 Å². The molecule has 0 saturated carbocycles. The molecule has 1 N–H and O–H groups in total. The van der Waals surface area contributed by atoms with Crippen LogP contribution in [0.4, 0.5) is 5.69 Å². The number of benzene rings is 2. The van der Waals surface area contributed by atoms with Gasteiger partial charge in [0.2, 0.25) is 17.7 Å². The number of nitrogens with zero attached hydrogens (tertiary/aromatic N) is 3. The van der Waals surface area contributed by atoms with Crippen molar-refractivity contribution in [3.63, 3.8) is 0 Å². The van der Waals surface area contributed by atoms with Crippen molar-refractivity contribution in [3.8, 4) is 5.75 Å². The molecule has 3 saturated heterocycles. The topological polar surface area (TPSA) is 99.6 Å². The van der Waals surface area contributed by atoms with Crippen LogP contribution >= 0.6 is 15.9 Å². The first-order valence-corrected chi connectivity index (χ1v) is 16.9. The summed E-state index contributed by atoms with van der Waals surface area (Å²) >= 11 is 3.77. The van der Waals surface area contributed by atoms with E-state index in [-0.39, 0.29) is 48.2 Å². The molecular formula is C36H44BrN3O6. The molecule has 10 heteroatoms. The second-order valence-corrected chi connectivity index (χ2v) is 13.7. The Bertz CT molecular complexity index is 1430. The predicted molar refractivity (Wildman–Crippen MR) is 180 cm³/mol. The summed E-state index contributed by atoms with van der Waals surface area (Å²) < 4.78 is 12.4. The van der Waals surface area contributed by atoms with Crippen molar-refractivity contribution in [2.45, 2.75) is 62.4 Å². The average molecular weight is 695 g/mol. The summed E-state index contributed by atoms with van der Waals surface area (Å²) in [6.07, 6.45) is 3.07. The molecule has 3 fully saturated rings. The van der Waals surface area contributed by atoms with Crippen LogP contribution in [0.15, 0.2) is 79.9 Å². The van der Waals surface area contributed by atoms with Crippen LogP contribution in [0, 0.1) is 17.8 Å². The van der Waals surface area contributed by atoms with Gasteiger partial charge in [-0.3, -0.25) is 14.4 Å². The third-order valence-corrected chi connectivity index (χ3v) is 10.3. The second kappa shape index (κ2) is 14.1. The number of alkyl halides is 1. The number of amides is 3. The molecule has 2 bridgehead atoms. The molecule has 0 aliphatic carbocycles. The zero-order valence-corrected chi connectivity index (χ0v) is 28.3. The minimum Gasteiger partial charge on any atom is -0.494 e. The highest BCUT2D eigenvalue weighted by molar-refractivity contribution is 9.09. The van der Waals surface area contributed by atoms with E-state index in [1.54, 1.807) is 34.1 Å². The van der Waals surface area contributed by atoms with Gasteiger partial charge in [-0.25, -0.2) is 0 Å². The number of aliphatic hydroxyl groups excluding tert-OH is 1. The highest BCUT2D eigenvalue weighted by Gasteiger charge is 2.77. The number of likely N-dealkylation sites (tertiary alicyclic amines) is 1. The van der Waals surface area contributed by atoms with Crippen molar-refractivity contribution in [2.24, 2.45) is 17.8 Å². The Hall–Kier alpha value is -3.47. The molecule has 3 unspecified atom stereocenters. The second-order valence-electron chi connectivity index (χ2n) is 12.6. The van der Waals surface area contributed by atoms with E-state index >= 15 is 0 Å². The van der Waals surface area contributed by atoms with E-state index < -0.39 is 35.6 Å². The number of anilines is 1. The number of carbonyl (C=O) groups excluding carboxylic acids is 3. The highest BCUT2D eigenvalue weighted by atomic mass is 79.9. The molecule has 0 radical (unpaired) electrons. The molecule has 3 aliphatic rings. The van der Waals surface area contributed by atoms with Gasteiger partial charge < -0.3 is 29.3 Å². The van der Waals surface area contributed by atoms with Crippen molar-refractivity contribution in [1.29, 1.82) is 0 Å². The molecule has 1 spiro atoms. The lowest BCUT2D eigenvalue weighted by Gasteiger charge is -2.40. The van der Waals surface area contributed by atoms with Gasteiger partial charge in [-0.2, -0.15) is 0 Å². The summed E-state index contributed by atoms with van der Waals surface area (Å²) in [5, 5.41) is 10.6. The van der Waals surface area contributed by atoms with Crippen LogP contribution < -0.4 is 9.64 Å². The smallest absolute Gasteiger partial charge is 0.249 e. The third-order valence-electron chi connectivity index (χ3n) is 9.47. The van der Waals surface area contributed by atoms with Gasteiger partial charge in [0.05, 0.1) is 37.2 Å². The van der Waals surface area contributed by atoms with E-state index in [2.05, 4.69) is 29.1 Å². The molecule has 9 nitrogen and oxygen atoms in total. The van der Waals surface area contributed by atoms with Crippen LogP contribution in [0.25, 0.3) is 0 Å². The SMILES string of the molecule is C=CCN(Cc1ccccc1)C(=O)C1N([C@@H](CO)C(C)C)C(=O)[C@@H]2[C@@H](C(=O)N(CC=C)c3ccc(OCC)cc3)[C@@H]3OC12CC3Br. The van der Waals surface area contributed by atoms with Crippen molar-refractivity contribution < 1.29 is 29.0 Å². The Morgan fingerprint density at radius 1 is 1.11 bits per heavy atom. The minimum absolute atomic E-state index is 0.159. The fourth-order valence-electron chi connectivity index (χ4n) is 7.49. The van der Waals surface area contributed by atoms with E-state index in [1.165, 1.54) is 4.90 Å². The number of hydrogen-bond acceptors (Lipinski definition) is 6. The monoisotopic (exact) mass is 693 g/mol. The Balaban J connectivity index is 1.57. The normalized spacial score (nSPS) is 27.0. The summed E-state index contributed by atoms with van der Waals surface area (Å²) in [6, 6.07) is 15.2. The lowest BCUT2D eigenvalue weighted by molar-refractivity contribution is -0.152. The molecule has 46 heavy (non-hydrogen) atoms. The molecule has 3 amide bonds. The first-order valence-electron chi connectivity index (χ1n) is 16.0. The van der Waals surface area contributed by atoms with Gasteiger partial charge in [0.25, 0.3) is 0 Å². The first-order chi connectivity index (χ1) is 22.1. The quantitative estimate of drug-likeness (QED) is 0.230. The third kappa shape index (κ3) is 5.91. The van der Waals surface area contributed by atoms with Crippen molar-refractivity contribution in [3.05, 3.63) is 85.5 Å². The Morgan fingerprint density at radius 2 is 1.78 bits per heavy atom. The number of carbonyl (C=O) groups is 3. The Kier molecular flexibility index (Phi) is 10.4. The maximum atomic E-state index is 14.8. The van der Waals surface area contributed by atoms with Gasteiger partial charge in [-0.15, -0.1) is 13.2 Å². The fourth-order valence-corrected chi connectivity index (χ4v) is 8.43. The first kappa shape index (κ1) is 33.9. The number of halogens is 1. The standard InChI is InChI=1S/C36H44BrN3O6/c1-6-18-38(21-24-12-10-9-11-13-24)35(44)32-36-20-27(37)31(46-36)29(30(36)34(43)40(32)28(22-41)23(4)5)33(42)39(19-7-2)25-14-16-26(17-15-25)45-8-3/h6-7,9-17,23,27-32,41H,1-2,8,18-22H2,3-5H3/t27?,28-,29+,30-,31+,32?,36?/m0/s1. The van der Waals surface area contributed by atoms with Crippen LogP contribution in [-0.2, 0) is 25.7 Å². The maximum absolute atomic E-state index is 14.8. The van der Waals surface area contributed by atoms with Gasteiger partial charge in [-0.05, 0) is 49.1 Å². The summed E-state index contributed by atoms with van der Waals surface area (Å²) in [6.45, 7) is 14.5. The molecule has 2 aromatic rings. The van der Waals surface area contributed by atoms with Crippen molar-refractivity contribution in [1.82, 2.24) is 9.80 Å². The largest absolute Gasteiger partial charge is 0.494 e. The lowest BCUT2D eigenvalue weighted by Crippen LogP contribution is -2.59. The van der Waals surface area contributed by atoms with Gasteiger partial charge in [0, 0.05) is 30.1 Å². The summed E-state index contributed by atoms with van der Waals surface area (Å²) in [4.78, 5) is 48.7. The van der Waals surface area contributed by atoms with E-state index in [4.69, 9.17) is 9.47 Å². The number of fused-ring (bicyclic) bond motifs is 1. The molecule has 3 heterocycles. The van der Waals surface area contributed by atoms with Crippen molar-refractivity contribution >= 4 is 39.3 Å². The number of ether oxygens (including phenoxy) is 2. The van der Waals surface area contributed by atoms with Crippen LogP contribution in [0.3, 0.4) is 0 Å². The predicted octanol–water partition coefficient (Wildman–Crippen LogP) is 4.58. The van der Waals surface area contributed by atoms with E-state index in [9.17, 15) is 19.5 Å². The summed E-state index contributed by atoms with van der Waals surface area (Å²) in [5.74, 6) is -2.14. The summed E-state index contributed by atoms with van der Waals surface area (Å²) in [5.41, 5.74) is 0.315. The van der Waals surface area contributed by atoms with Gasteiger partial charge in [0.1, 0.15) is 17.4 Å². The maximum Gasteiger partial charge on any atom is 0.249 e. The van der Waals surface area contributed by atoms with E-state index in [0.717, 1.165) is 5.56 Å². The number of rotatable bonds is 14.